The Bertz CT molecular complexity index is 469. The van der Waals surface area contributed by atoms with E-state index in [-0.39, 0.29) is 30.3 Å². The Kier molecular flexibility index (Phi) is 3.63. The van der Waals surface area contributed by atoms with E-state index in [2.05, 4.69) is 10.6 Å². The first-order valence-corrected chi connectivity index (χ1v) is 7.94. The molecule has 2 aliphatic carbocycles. The summed E-state index contributed by atoms with van der Waals surface area (Å²) in [4.78, 5) is 37.5. The van der Waals surface area contributed by atoms with E-state index in [4.69, 9.17) is 0 Å². The fraction of sp³-hybridized carbons (Fsp3) is 0.800. The van der Waals surface area contributed by atoms with Crippen molar-refractivity contribution in [2.75, 3.05) is 6.54 Å². The van der Waals surface area contributed by atoms with Gasteiger partial charge in [0.1, 0.15) is 12.1 Å². The van der Waals surface area contributed by atoms with Gasteiger partial charge in [-0.2, -0.15) is 0 Å². The molecule has 0 aromatic rings. The molecule has 0 aromatic carbocycles. The van der Waals surface area contributed by atoms with Gasteiger partial charge in [-0.3, -0.25) is 14.5 Å². The van der Waals surface area contributed by atoms with Crippen LogP contribution >= 0.6 is 0 Å². The van der Waals surface area contributed by atoms with Gasteiger partial charge < -0.3 is 10.6 Å². The van der Waals surface area contributed by atoms with Crippen molar-refractivity contribution < 1.29 is 14.4 Å². The standard InChI is InChI=1S/C15H23N3O3/c1-15(10-7-8-10)13(20)18(14(21)17-15)9-12(19)16-11-5-3-2-4-6-11/h10-11H,2-9H2,1H3,(H,16,19)(H,17,21). The third-order valence-electron chi connectivity index (χ3n) is 4.97. The second-order valence-corrected chi connectivity index (χ2v) is 6.70. The maximum Gasteiger partial charge on any atom is 0.325 e. The number of hydrogen-bond acceptors (Lipinski definition) is 3. The molecule has 21 heavy (non-hydrogen) atoms. The molecule has 6 nitrogen and oxygen atoms in total. The minimum Gasteiger partial charge on any atom is -0.352 e. The molecule has 0 spiro atoms. The molecule has 3 rings (SSSR count). The summed E-state index contributed by atoms with van der Waals surface area (Å²) in [5.41, 5.74) is -0.803. The number of carbonyl (C=O) groups is 3. The number of nitrogens with zero attached hydrogens (tertiary/aromatic N) is 1. The van der Waals surface area contributed by atoms with Crippen LogP contribution in [0.25, 0.3) is 0 Å². The van der Waals surface area contributed by atoms with Gasteiger partial charge in [0.2, 0.25) is 5.91 Å². The molecule has 1 saturated heterocycles. The number of urea groups is 1. The van der Waals surface area contributed by atoms with Crippen LogP contribution in [0.15, 0.2) is 0 Å². The number of nitrogens with one attached hydrogen (secondary N) is 2. The van der Waals surface area contributed by atoms with Crippen molar-refractivity contribution in [2.45, 2.75) is 63.5 Å². The fourth-order valence-corrected chi connectivity index (χ4v) is 3.46. The summed E-state index contributed by atoms with van der Waals surface area (Å²) in [6, 6.07) is -0.241. The SMILES string of the molecule is CC1(C2CC2)NC(=O)N(CC(=O)NC2CCCCC2)C1=O. The molecule has 2 N–H and O–H groups in total. The normalized spacial score (nSPS) is 30.4. The van der Waals surface area contributed by atoms with Crippen LogP contribution in [0.2, 0.25) is 0 Å². The third kappa shape index (κ3) is 2.76. The topological polar surface area (TPSA) is 78.5 Å². The number of rotatable bonds is 4. The van der Waals surface area contributed by atoms with E-state index < -0.39 is 11.6 Å². The van der Waals surface area contributed by atoms with Crippen LogP contribution in [0.3, 0.4) is 0 Å². The van der Waals surface area contributed by atoms with Gasteiger partial charge in [0, 0.05) is 6.04 Å². The van der Waals surface area contributed by atoms with Crippen LogP contribution in [0, 0.1) is 5.92 Å². The number of hydrogen-bond donors (Lipinski definition) is 2. The van der Waals surface area contributed by atoms with E-state index in [0.29, 0.717) is 0 Å². The Labute approximate surface area is 124 Å². The highest BCUT2D eigenvalue weighted by atomic mass is 16.2. The molecule has 1 aliphatic heterocycles. The molecule has 1 atom stereocenters. The number of amides is 4. The van der Waals surface area contributed by atoms with E-state index >= 15 is 0 Å². The van der Waals surface area contributed by atoms with E-state index in [1.165, 1.54) is 6.42 Å². The predicted molar refractivity (Wildman–Crippen MR) is 76.4 cm³/mol. The third-order valence-corrected chi connectivity index (χ3v) is 4.97. The summed E-state index contributed by atoms with van der Waals surface area (Å²) >= 11 is 0. The van der Waals surface area contributed by atoms with Gasteiger partial charge in [-0.05, 0) is 38.5 Å². The lowest BCUT2D eigenvalue weighted by molar-refractivity contribution is -0.135. The van der Waals surface area contributed by atoms with Crippen molar-refractivity contribution in [2.24, 2.45) is 5.92 Å². The van der Waals surface area contributed by atoms with Gasteiger partial charge in [-0.15, -0.1) is 0 Å². The van der Waals surface area contributed by atoms with Gasteiger partial charge in [-0.1, -0.05) is 19.3 Å². The molecule has 1 unspecified atom stereocenters. The molecule has 3 fully saturated rings. The lowest BCUT2D eigenvalue weighted by atomic mass is 9.95. The Morgan fingerprint density at radius 2 is 1.90 bits per heavy atom. The van der Waals surface area contributed by atoms with Crippen molar-refractivity contribution in [3.8, 4) is 0 Å². The maximum atomic E-state index is 12.4. The quantitative estimate of drug-likeness (QED) is 0.763. The molecule has 4 amide bonds. The average molecular weight is 293 g/mol. The van der Waals surface area contributed by atoms with Crippen LogP contribution in [0.1, 0.15) is 51.9 Å². The average Bonchev–Trinajstić information content (AvgIpc) is 3.26. The Morgan fingerprint density at radius 1 is 1.24 bits per heavy atom. The zero-order valence-corrected chi connectivity index (χ0v) is 12.5. The van der Waals surface area contributed by atoms with Crippen molar-refractivity contribution in [3.63, 3.8) is 0 Å². The lowest BCUT2D eigenvalue weighted by Gasteiger charge is -2.24. The summed E-state index contributed by atoms with van der Waals surface area (Å²) < 4.78 is 0. The molecular weight excluding hydrogens is 270 g/mol. The molecule has 6 heteroatoms. The number of imide groups is 1. The van der Waals surface area contributed by atoms with Crippen LogP contribution < -0.4 is 10.6 Å². The molecular formula is C15H23N3O3. The largest absolute Gasteiger partial charge is 0.352 e. The van der Waals surface area contributed by atoms with Crippen molar-refractivity contribution in [3.05, 3.63) is 0 Å². The van der Waals surface area contributed by atoms with Gasteiger partial charge >= 0.3 is 6.03 Å². The second kappa shape index (κ2) is 5.31. The van der Waals surface area contributed by atoms with Gasteiger partial charge in [0.15, 0.2) is 0 Å². The maximum absolute atomic E-state index is 12.4. The molecule has 116 valence electrons. The van der Waals surface area contributed by atoms with Crippen LogP contribution in [-0.4, -0.2) is 40.9 Å². The summed E-state index contributed by atoms with van der Waals surface area (Å²) in [6.07, 6.45) is 7.40. The Hall–Kier alpha value is -1.59. The highest BCUT2D eigenvalue weighted by Gasteiger charge is 2.56. The zero-order chi connectivity index (χ0) is 15.0. The first-order valence-electron chi connectivity index (χ1n) is 7.94. The second-order valence-electron chi connectivity index (χ2n) is 6.70. The highest BCUT2D eigenvalue weighted by molar-refractivity contribution is 6.09. The van der Waals surface area contributed by atoms with E-state index in [1.54, 1.807) is 6.92 Å². The highest BCUT2D eigenvalue weighted by Crippen LogP contribution is 2.42. The minimum atomic E-state index is -0.803. The smallest absolute Gasteiger partial charge is 0.325 e. The summed E-state index contributed by atoms with van der Waals surface area (Å²) in [7, 11) is 0. The summed E-state index contributed by atoms with van der Waals surface area (Å²) in [6.45, 7) is 1.60. The minimum absolute atomic E-state index is 0.163. The van der Waals surface area contributed by atoms with Gasteiger partial charge in [0.25, 0.3) is 5.91 Å². The first kappa shape index (κ1) is 14.4. The zero-order valence-electron chi connectivity index (χ0n) is 12.5. The first-order chi connectivity index (χ1) is 10.0. The summed E-state index contributed by atoms with van der Waals surface area (Å²) in [5.74, 6) is -0.264. The van der Waals surface area contributed by atoms with E-state index in [0.717, 1.165) is 43.4 Å². The predicted octanol–water partition coefficient (Wildman–Crippen LogP) is 1.16. The molecule has 1 heterocycles. The molecule has 0 aromatic heterocycles. The molecule has 2 saturated carbocycles. The number of carbonyl (C=O) groups excluding carboxylic acids is 3. The molecule has 3 aliphatic rings. The van der Waals surface area contributed by atoms with Crippen molar-refractivity contribution in [1.29, 1.82) is 0 Å². The van der Waals surface area contributed by atoms with Crippen LogP contribution in [0.4, 0.5) is 4.79 Å². The monoisotopic (exact) mass is 293 g/mol. The molecule has 0 bridgehead atoms. The fourth-order valence-electron chi connectivity index (χ4n) is 3.46. The molecule has 0 radical (unpaired) electrons. The van der Waals surface area contributed by atoms with Gasteiger partial charge in [-0.25, -0.2) is 4.79 Å². The van der Waals surface area contributed by atoms with Gasteiger partial charge in [0.05, 0.1) is 0 Å². The van der Waals surface area contributed by atoms with Crippen LogP contribution in [-0.2, 0) is 9.59 Å². The summed E-state index contributed by atoms with van der Waals surface area (Å²) in [5, 5.41) is 5.70. The lowest BCUT2D eigenvalue weighted by Crippen LogP contribution is -2.47. The van der Waals surface area contributed by atoms with E-state index in [1.807, 2.05) is 0 Å². The Morgan fingerprint density at radius 3 is 2.52 bits per heavy atom. The van der Waals surface area contributed by atoms with E-state index in [9.17, 15) is 14.4 Å². The van der Waals surface area contributed by atoms with Crippen LogP contribution in [0.5, 0.6) is 0 Å². The van der Waals surface area contributed by atoms with Crippen molar-refractivity contribution >= 4 is 17.8 Å². The van der Waals surface area contributed by atoms with Crippen molar-refractivity contribution in [1.82, 2.24) is 15.5 Å². The Balaban J connectivity index is 1.57.